The van der Waals surface area contributed by atoms with Gasteiger partial charge >= 0.3 is 0 Å². The van der Waals surface area contributed by atoms with Gasteiger partial charge in [0.1, 0.15) is 5.69 Å². The zero-order valence-corrected chi connectivity index (χ0v) is 10.7. The highest BCUT2D eigenvalue weighted by Gasteiger charge is 2.25. The summed E-state index contributed by atoms with van der Waals surface area (Å²) in [6.07, 6.45) is 1.20. The van der Waals surface area contributed by atoms with Gasteiger partial charge < -0.3 is 0 Å². The molecule has 2 aromatic carbocycles. The van der Waals surface area contributed by atoms with Gasteiger partial charge in [-0.25, -0.2) is 22.0 Å². The van der Waals surface area contributed by atoms with Crippen LogP contribution in [0.25, 0.3) is 0 Å². The Morgan fingerprint density at radius 1 is 0.905 bits per heavy atom. The maximum atomic E-state index is 13.3. The minimum atomic E-state index is -2.21. The summed E-state index contributed by atoms with van der Waals surface area (Å²) in [6, 6.07) is 6.95. The van der Waals surface area contributed by atoms with Gasteiger partial charge in [-0.3, -0.25) is 5.43 Å². The first kappa shape index (κ1) is 15.0. The molecule has 0 saturated heterocycles. The Morgan fingerprint density at radius 2 is 1.48 bits per heavy atom. The van der Waals surface area contributed by atoms with Crippen molar-refractivity contribution in [1.82, 2.24) is 0 Å². The molecular weight excluding hydrogens is 291 g/mol. The minimum Gasteiger partial charge on any atom is -0.272 e. The fourth-order valence-corrected chi connectivity index (χ4v) is 1.62. The monoisotopic (exact) mass is 300 g/mol. The average molecular weight is 300 g/mol. The lowest BCUT2D eigenvalue weighted by molar-refractivity contribution is 0.381. The predicted octanol–water partition coefficient (Wildman–Crippen LogP) is 4.14. The number of nitrogens with zero attached hydrogens (tertiary/aromatic N) is 1. The van der Waals surface area contributed by atoms with E-state index in [2.05, 4.69) is 5.10 Å². The number of hydrazone groups is 1. The number of nitrogens with one attached hydrogen (secondary N) is 1. The Balaban J connectivity index is 2.29. The molecule has 0 aliphatic carbocycles. The zero-order chi connectivity index (χ0) is 15.6. The van der Waals surface area contributed by atoms with Crippen LogP contribution in [-0.2, 0) is 0 Å². The van der Waals surface area contributed by atoms with E-state index in [0.717, 1.165) is 5.56 Å². The molecule has 1 N–H and O–H groups in total. The molecule has 0 amide bonds. The lowest BCUT2D eigenvalue weighted by atomic mass is 10.2. The molecule has 0 fully saturated rings. The van der Waals surface area contributed by atoms with Crippen molar-refractivity contribution in [3.63, 3.8) is 0 Å². The van der Waals surface area contributed by atoms with Crippen LogP contribution < -0.4 is 5.43 Å². The van der Waals surface area contributed by atoms with Crippen molar-refractivity contribution in [3.8, 4) is 0 Å². The first-order chi connectivity index (χ1) is 9.91. The Morgan fingerprint density at radius 3 is 2.05 bits per heavy atom. The second-order valence-corrected chi connectivity index (χ2v) is 4.23. The molecule has 0 bridgehead atoms. The van der Waals surface area contributed by atoms with Crippen LogP contribution in [0.5, 0.6) is 0 Å². The Labute approximate surface area is 116 Å². The van der Waals surface area contributed by atoms with E-state index in [1.54, 1.807) is 18.2 Å². The fraction of sp³-hybridized carbons (Fsp3) is 0.0714. The molecule has 0 radical (unpaired) electrons. The summed E-state index contributed by atoms with van der Waals surface area (Å²) in [5, 5.41) is 3.48. The van der Waals surface area contributed by atoms with Crippen LogP contribution in [0.2, 0.25) is 0 Å². The molecule has 0 heterocycles. The summed E-state index contributed by atoms with van der Waals surface area (Å²) in [7, 11) is 0. The number of aryl methyl sites for hydroxylation is 1. The fourth-order valence-electron chi connectivity index (χ4n) is 1.62. The van der Waals surface area contributed by atoms with Gasteiger partial charge in [0.2, 0.25) is 5.82 Å². The number of hydrogen-bond acceptors (Lipinski definition) is 2. The van der Waals surface area contributed by atoms with Crippen molar-refractivity contribution in [1.29, 1.82) is 0 Å². The highest BCUT2D eigenvalue weighted by Crippen LogP contribution is 2.26. The molecule has 2 aromatic rings. The Bertz CT molecular complexity index is 684. The molecule has 0 aromatic heterocycles. The molecule has 21 heavy (non-hydrogen) atoms. The molecule has 7 heteroatoms. The Kier molecular flexibility index (Phi) is 4.21. The summed E-state index contributed by atoms with van der Waals surface area (Å²) in [4.78, 5) is 0. The van der Waals surface area contributed by atoms with Crippen LogP contribution in [0.1, 0.15) is 11.1 Å². The summed E-state index contributed by atoms with van der Waals surface area (Å²) in [5.41, 5.74) is 2.16. The second-order valence-electron chi connectivity index (χ2n) is 4.23. The van der Waals surface area contributed by atoms with Gasteiger partial charge in [0.25, 0.3) is 0 Å². The molecule has 0 unspecified atom stereocenters. The van der Waals surface area contributed by atoms with Gasteiger partial charge in [-0.2, -0.15) is 5.10 Å². The summed E-state index contributed by atoms with van der Waals surface area (Å²) in [5.74, 6) is -10.2. The topological polar surface area (TPSA) is 24.4 Å². The van der Waals surface area contributed by atoms with E-state index in [0.29, 0.717) is 5.56 Å². The number of anilines is 1. The zero-order valence-electron chi connectivity index (χ0n) is 10.7. The lowest BCUT2D eigenvalue weighted by Gasteiger charge is -2.06. The van der Waals surface area contributed by atoms with Crippen LogP contribution in [0.4, 0.5) is 27.6 Å². The van der Waals surface area contributed by atoms with E-state index < -0.39 is 34.8 Å². The standard InChI is InChI=1S/C14H9F5N2/c1-7-3-2-4-8(5-7)6-20-21-14-12(18)10(16)9(15)11(17)13(14)19/h2-6,21H,1H3/b20-6-. The summed E-state index contributed by atoms with van der Waals surface area (Å²) < 4.78 is 65.4. The number of rotatable bonds is 3. The third-order valence-corrected chi connectivity index (χ3v) is 2.64. The number of hydrogen-bond donors (Lipinski definition) is 1. The molecule has 0 aliphatic rings. The van der Waals surface area contributed by atoms with Gasteiger partial charge in [0, 0.05) is 0 Å². The van der Waals surface area contributed by atoms with Gasteiger partial charge in [-0.15, -0.1) is 0 Å². The van der Waals surface area contributed by atoms with E-state index in [1.807, 2.05) is 18.4 Å². The van der Waals surface area contributed by atoms with Crippen molar-refractivity contribution in [2.75, 3.05) is 5.43 Å². The minimum absolute atomic E-state index is 0.603. The van der Waals surface area contributed by atoms with Crippen LogP contribution >= 0.6 is 0 Å². The average Bonchev–Trinajstić information content (AvgIpc) is 2.47. The van der Waals surface area contributed by atoms with Crippen LogP contribution in [-0.4, -0.2) is 6.21 Å². The Hall–Kier alpha value is -2.44. The lowest BCUT2D eigenvalue weighted by Crippen LogP contribution is -2.06. The highest BCUT2D eigenvalue weighted by molar-refractivity contribution is 5.80. The highest BCUT2D eigenvalue weighted by atomic mass is 19.2. The van der Waals surface area contributed by atoms with E-state index in [9.17, 15) is 22.0 Å². The van der Waals surface area contributed by atoms with E-state index >= 15 is 0 Å². The van der Waals surface area contributed by atoms with Crippen molar-refractivity contribution in [3.05, 3.63) is 64.5 Å². The van der Waals surface area contributed by atoms with Crippen molar-refractivity contribution in [2.45, 2.75) is 6.92 Å². The molecule has 0 aliphatic heterocycles. The first-order valence-electron chi connectivity index (χ1n) is 5.79. The third-order valence-electron chi connectivity index (χ3n) is 2.64. The maximum absolute atomic E-state index is 13.3. The van der Waals surface area contributed by atoms with Crippen LogP contribution in [0.15, 0.2) is 29.4 Å². The number of halogens is 5. The van der Waals surface area contributed by atoms with Crippen molar-refractivity contribution in [2.24, 2.45) is 5.10 Å². The van der Waals surface area contributed by atoms with E-state index in [4.69, 9.17) is 0 Å². The molecule has 0 spiro atoms. The quantitative estimate of drug-likeness (QED) is 0.298. The molecular formula is C14H9F5N2. The molecule has 0 atom stereocenters. The van der Waals surface area contributed by atoms with E-state index in [1.165, 1.54) is 6.21 Å². The van der Waals surface area contributed by atoms with Crippen LogP contribution in [0.3, 0.4) is 0 Å². The maximum Gasteiger partial charge on any atom is 0.200 e. The third kappa shape index (κ3) is 3.01. The number of benzene rings is 2. The molecule has 0 saturated carbocycles. The predicted molar refractivity (Wildman–Crippen MR) is 68.6 cm³/mol. The van der Waals surface area contributed by atoms with Gasteiger partial charge in [-0.1, -0.05) is 29.8 Å². The van der Waals surface area contributed by atoms with Gasteiger partial charge in [-0.05, 0) is 12.5 Å². The summed E-state index contributed by atoms with van der Waals surface area (Å²) >= 11 is 0. The van der Waals surface area contributed by atoms with Gasteiger partial charge in [0.05, 0.1) is 6.21 Å². The molecule has 2 rings (SSSR count). The summed E-state index contributed by atoms with van der Waals surface area (Å²) in [6.45, 7) is 1.83. The van der Waals surface area contributed by atoms with Crippen molar-refractivity contribution >= 4 is 11.9 Å². The second kappa shape index (κ2) is 5.90. The van der Waals surface area contributed by atoms with Crippen molar-refractivity contribution < 1.29 is 22.0 Å². The normalized spacial score (nSPS) is 11.1. The van der Waals surface area contributed by atoms with Gasteiger partial charge in [0.15, 0.2) is 23.3 Å². The largest absolute Gasteiger partial charge is 0.272 e. The molecule has 110 valence electrons. The SMILES string of the molecule is Cc1cccc(/C=N\Nc2c(F)c(F)c(F)c(F)c2F)c1. The first-order valence-corrected chi connectivity index (χ1v) is 5.79. The van der Waals surface area contributed by atoms with Crippen LogP contribution in [0, 0.1) is 36.0 Å². The van der Waals surface area contributed by atoms with E-state index in [-0.39, 0.29) is 0 Å². The smallest absolute Gasteiger partial charge is 0.200 e. The molecule has 2 nitrogen and oxygen atoms in total.